The lowest BCUT2D eigenvalue weighted by atomic mass is 9.61. The number of carbonyl (C=O) groups is 3. The number of amides is 2. The van der Waals surface area contributed by atoms with Crippen LogP contribution in [0.5, 0.6) is 0 Å². The van der Waals surface area contributed by atoms with Gasteiger partial charge in [0.05, 0.1) is 5.41 Å². The first-order valence-electron chi connectivity index (χ1n) is 9.58. The normalized spacial score (nSPS) is 15.4. The van der Waals surface area contributed by atoms with Gasteiger partial charge in [0.15, 0.2) is 0 Å². The Morgan fingerprint density at radius 3 is 2.00 bits per heavy atom. The average Bonchev–Trinajstić information content (AvgIpc) is 2.49. The fourth-order valence-electron chi connectivity index (χ4n) is 3.11. The predicted octanol–water partition coefficient (Wildman–Crippen LogP) is 3.52. The molecule has 0 fully saturated rings. The summed E-state index contributed by atoms with van der Waals surface area (Å²) in [7, 11) is 0. The first kappa shape index (κ1) is 25.1. The number of carboxylic acid groups (broad SMARTS) is 1. The number of unbranched alkanes of at least 4 members (excludes halogenated alkanes) is 1. The van der Waals surface area contributed by atoms with Crippen LogP contribution in [-0.2, 0) is 14.4 Å². The zero-order valence-corrected chi connectivity index (χ0v) is 18.1. The van der Waals surface area contributed by atoms with Crippen molar-refractivity contribution in [1.82, 2.24) is 10.6 Å². The minimum absolute atomic E-state index is 0.0252. The van der Waals surface area contributed by atoms with Gasteiger partial charge in [-0.3, -0.25) is 9.59 Å². The molecule has 0 heterocycles. The molecule has 0 saturated carbocycles. The van der Waals surface area contributed by atoms with E-state index in [-0.39, 0.29) is 16.7 Å². The second-order valence-electron chi connectivity index (χ2n) is 9.67. The zero-order chi connectivity index (χ0) is 21.5. The molecule has 0 saturated heterocycles. The van der Waals surface area contributed by atoms with E-state index in [1.807, 2.05) is 6.92 Å². The highest BCUT2D eigenvalue weighted by Gasteiger charge is 2.46. The Bertz CT molecular complexity index is 543. The van der Waals surface area contributed by atoms with E-state index in [0.29, 0.717) is 25.8 Å². The second kappa shape index (κ2) is 9.90. The molecule has 0 aromatic carbocycles. The number of carboxylic acids is 1. The fraction of sp³-hybridized carbons (Fsp3) is 0.762. The number of hydrogen-bond acceptors (Lipinski definition) is 3. The van der Waals surface area contributed by atoms with Gasteiger partial charge in [0.1, 0.15) is 6.04 Å². The molecular weight excluding hydrogens is 344 g/mol. The van der Waals surface area contributed by atoms with E-state index in [9.17, 15) is 14.4 Å². The summed E-state index contributed by atoms with van der Waals surface area (Å²) >= 11 is 0. The van der Waals surface area contributed by atoms with Gasteiger partial charge < -0.3 is 15.7 Å². The van der Waals surface area contributed by atoms with Crippen LogP contribution in [0.1, 0.15) is 74.1 Å². The number of rotatable bonds is 10. The molecule has 6 nitrogen and oxygen atoms in total. The van der Waals surface area contributed by atoms with Crippen LogP contribution in [0.3, 0.4) is 0 Å². The summed E-state index contributed by atoms with van der Waals surface area (Å²) in [6.45, 7) is 18.5. The van der Waals surface area contributed by atoms with E-state index in [1.54, 1.807) is 0 Å². The molecule has 2 amide bonds. The Labute approximate surface area is 164 Å². The quantitative estimate of drug-likeness (QED) is 0.398. The third-order valence-corrected chi connectivity index (χ3v) is 5.05. The van der Waals surface area contributed by atoms with Gasteiger partial charge in [-0.05, 0) is 42.6 Å². The molecule has 27 heavy (non-hydrogen) atoms. The molecule has 0 bridgehead atoms. The molecule has 2 unspecified atom stereocenters. The third-order valence-electron chi connectivity index (χ3n) is 5.05. The zero-order valence-electron chi connectivity index (χ0n) is 18.1. The molecule has 156 valence electrons. The van der Waals surface area contributed by atoms with Crippen molar-refractivity contribution >= 4 is 17.8 Å². The average molecular weight is 383 g/mol. The van der Waals surface area contributed by atoms with Crippen molar-refractivity contribution in [1.29, 1.82) is 0 Å². The van der Waals surface area contributed by atoms with E-state index < -0.39 is 23.3 Å². The maximum Gasteiger partial charge on any atom is 0.326 e. The first-order chi connectivity index (χ1) is 12.1. The van der Waals surface area contributed by atoms with Crippen LogP contribution in [0.2, 0.25) is 0 Å². The van der Waals surface area contributed by atoms with E-state index >= 15 is 0 Å². The lowest BCUT2D eigenvalue weighted by Crippen LogP contribution is -2.49. The molecule has 0 spiro atoms. The van der Waals surface area contributed by atoms with Gasteiger partial charge in [0, 0.05) is 6.54 Å². The SMILES string of the molecule is C=CC(=O)NC(CCCCNC(=O)C(C)(CC(C)(C)C)C(C)(C)C)C(=O)O. The topological polar surface area (TPSA) is 95.5 Å². The summed E-state index contributed by atoms with van der Waals surface area (Å²) in [5.41, 5.74) is -0.669. The molecular formula is C21H38N2O4. The first-order valence-corrected chi connectivity index (χ1v) is 9.58. The highest BCUT2D eigenvalue weighted by molar-refractivity contribution is 5.90. The van der Waals surface area contributed by atoms with Crippen LogP contribution >= 0.6 is 0 Å². The summed E-state index contributed by atoms with van der Waals surface area (Å²) in [5, 5.41) is 14.6. The maximum atomic E-state index is 12.9. The van der Waals surface area contributed by atoms with Crippen LogP contribution in [0.15, 0.2) is 12.7 Å². The van der Waals surface area contributed by atoms with Crippen molar-refractivity contribution < 1.29 is 19.5 Å². The predicted molar refractivity (Wildman–Crippen MR) is 108 cm³/mol. The lowest BCUT2D eigenvalue weighted by molar-refractivity contribution is -0.141. The number of aliphatic carboxylic acids is 1. The van der Waals surface area contributed by atoms with Crippen LogP contribution in [0.4, 0.5) is 0 Å². The summed E-state index contributed by atoms with van der Waals surface area (Å²) in [4.78, 5) is 35.4. The lowest BCUT2D eigenvalue weighted by Gasteiger charge is -2.44. The van der Waals surface area contributed by atoms with Crippen molar-refractivity contribution in [2.45, 2.75) is 80.2 Å². The van der Waals surface area contributed by atoms with Crippen LogP contribution in [0, 0.1) is 16.2 Å². The fourth-order valence-corrected chi connectivity index (χ4v) is 3.11. The molecule has 2 atom stereocenters. The second-order valence-corrected chi connectivity index (χ2v) is 9.67. The smallest absolute Gasteiger partial charge is 0.326 e. The Morgan fingerprint density at radius 2 is 1.59 bits per heavy atom. The van der Waals surface area contributed by atoms with Crippen molar-refractivity contribution in [3.8, 4) is 0 Å². The van der Waals surface area contributed by atoms with Crippen molar-refractivity contribution in [2.24, 2.45) is 16.2 Å². The van der Waals surface area contributed by atoms with Gasteiger partial charge in [-0.25, -0.2) is 4.79 Å². The summed E-state index contributed by atoms with van der Waals surface area (Å²) in [6.07, 6.45) is 3.36. The molecule has 0 aromatic heterocycles. The van der Waals surface area contributed by atoms with Gasteiger partial charge in [-0.15, -0.1) is 0 Å². The molecule has 6 heteroatoms. The van der Waals surface area contributed by atoms with E-state index in [1.165, 1.54) is 0 Å². The van der Waals surface area contributed by atoms with Crippen LogP contribution in [0.25, 0.3) is 0 Å². The molecule has 0 radical (unpaired) electrons. The number of nitrogens with one attached hydrogen (secondary N) is 2. The molecule has 0 rings (SSSR count). The van der Waals surface area contributed by atoms with E-state index in [2.05, 4.69) is 58.8 Å². The van der Waals surface area contributed by atoms with Gasteiger partial charge >= 0.3 is 5.97 Å². The Kier molecular flexibility index (Phi) is 9.23. The number of carbonyl (C=O) groups excluding carboxylic acids is 2. The van der Waals surface area contributed by atoms with Gasteiger partial charge in [0.25, 0.3) is 0 Å². The standard InChI is InChI=1S/C21H38N2O4/c1-9-16(24)23-15(17(25)26)12-10-11-13-22-18(27)21(8,20(5,6)7)14-19(2,3)4/h9,15H,1,10-14H2,2-8H3,(H,22,27)(H,23,24)(H,25,26). The van der Waals surface area contributed by atoms with Gasteiger partial charge in [-0.2, -0.15) is 0 Å². The minimum atomic E-state index is -1.07. The largest absolute Gasteiger partial charge is 0.480 e. The monoisotopic (exact) mass is 382 g/mol. The highest BCUT2D eigenvalue weighted by atomic mass is 16.4. The third kappa shape index (κ3) is 8.59. The summed E-state index contributed by atoms with van der Waals surface area (Å²) in [6, 6.07) is -0.938. The van der Waals surface area contributed by atoms with Gasteiger partial charge in [0.2, 0.25) is 11.8 Å². The minimum Gasteiger partial charge on any atom is -0.480 e. The maximum absolute atomic E-state index is 12.9. The Balaban J connectivity index is 4.65. The molecule has 3 N–H and O–H groups in total. The Morgan fingerprint density at radius 1 is 1.04 bits per heavy atom. The molecule has 0 aromatic rings. The summed E-state index contributed by atoms with van der Waals surface area (Å²) < 4.78 is 0. The molecule has 0 aliphatic heterocycles. The van der Waals surface area contributed by atoms with Gasteiger partial charge in [-0.1, -0.05) is 55.0 Å². The van der Waals surface area contributed by atoms with E-state index in [4.69, 9.17) is 5.11 Å². The highest BCUT2D eigenvalue weighted by Crippen LogP contribution is 2.46. The van der Waals surface area contributed by atoms with Crippen molar-refractivity contribution in [3.05, 3.63) is 12.7 Å². The number of hydrogen-bond donors (Lipinski definition) is 3. The van der Waals surface area contributed by atoms with Crippen LogP contribution < -0.4 is 10.6 Å². The van der Waals surface area contributed by atoms with Crippen LogP contribution in [-0.4, -0.2) is 35.5 Å². The van der Waals surface area contributed by atoms with Crippen molar-refractivity contribution in [3.63, 3.8) is 0 Å². The van der Waals surface area contributed by atoms with E-state index in [0.717, 1.165) is 12.5 Å². The summed E-state index contributed by atoms with van der Waals surface area (Å²) in [5.74, 6) is -1.54. The Hall–Kier alpha value is -1.85. The molecule has 0 aliphatic carbocycles. The van der Waals surface area contributed by atoms with Crippen molar-refractivity contribution in [2.75, 3.05) is 6.54 Å². The molecule has 0 aliphatic rings.